The van der Waals surface area contributed by atoms with Crippen molar-refractivity contribution in [1.29, 1.82) is 0 Å². The number of thioether (sulfide) groups is 1. The minimum Gasteiger partial charge on any atom is -0.477 e. The molecule has 0 spiro atoms. The maximum atomic E-state index is 12.3. The van der Waals surface area contributed by atoms with Gasteiger partial charge in [0.1, 0.15) is 17.1 Å². The highest BCUT2D eigenvalue weighted by Gasteiger charge is 2.51. The zero-order chi connectivity index (χ0) is 16.7. The van der Waals surface area contributed by atoms with Crippen LogP contribution < -0.4 is 5.73 Å². The Morgan fingerprint density at radius 1 is 1.48 bits per heavy atom. The van der Waals surface area contributed by atoms with E-state index in [0.29, 0.717) is 36.4 Å². The van der Waals surface area contributed by atoms with E-state index < -0.39 is 12.0 Å². The van der Waals surface area contributed by atoms with Gasteiger partial charge in [-0.05, 0) is 18.1 Å². The van der Waals surface area contributed by atoms with Crippen LogP contribution in [0.3, 0.4) is 0 Å². The summed E-state index contributed by atoms with van der Waals surface area (Å²) in [4.78, 5) is 38.6. The Bertz CT molecular complexity index is 670. The van der Waals surface area contributed by atoms with Crippen LogP contribution in [-0.2, 0) is 14.4 Å². The fraction of sp³-hybridized carbons (Fsp3) is 0.400. The monoisotopic (exact) mass is 335 g/mol. The Kier molecular flexibility index (Phi) is 4.03. The van der Waals surface area contributed by atoms with Crippen molar-refractivity contribution in [2.75, 3.05) is 18.8 Å². The van der Waals surface area contributed by atoms with E-state index in [1.54, 1.807) is 17.1 Å². The average Bonchev–Trinajstić information content (AvgIpc) is 2.87. The quantitative estimate of drug-likeness (QED) is 0.423. The molecule has 0 bridgehead atoms. The second-order valence-electron chi connectivity index (χ2n) is 5.57. The second kappa shape index (κ2) is 5.86. The van der Waals surface area contributed by atoms with Crippen LogP contribution in [0.2, 0.25) is 0 Å². The molecule has 0 saturated carbocycles. The van der Waals surface area contributed by atoms with Gasteiger partial charge in [0.15, 0.2) is 0 Å². The van der Waals surface area contributed by atoms with Crippen LogP contribution in [0, 0.1) is 0 Å². The molecule has 2 fully saturated rings. The van der Waals surface area contributed by atoms with Gasteiger partial charge in [-0.1, -0.05) is 6.08 Å². The number of carbonyl (C=O) groups is 3. The first-order chi connectivity index (χ1) is 11.0. The number of allylic oxidation sites excluding steroid dienone is 1. The molecular weight excluding hydrogens is 318 g/mol. The molecule has 3 rings (SSSR count). The predicted molar refractivity (Wildman–Crippen MR) is 85.2 cm³/mol. The molecular formula is C15H17N3O4S. The number of carboxylic acids is 1. The van der Waals surface area contributed by atoms with Crippen LogP contribution in [0.5, 0.6) is 0 Å². The Labute approximate surface area is 137 Å². The molecule has 2 amide bonds. The fourth-order valence-electron chi connectivity index (χ4n) is 2.99. The lowest BCUT2D eigenvalue weighted by atomic mass is 10.0. The van der Waals surface area contributed by atoms with E-state index in [0.717, 1.165) is 0 Å². The maximum Gasteiger partial charge on any atom is 0.352 e. The molecule has 3 aliphatic rings. The number of carbonyl (C=O) groups excluding carboxylic acids is 2. The Hall–Kier alpha value is -2.06. The van der Waals surface area contributed by atoms with E-state index in [1.807, 2.05) is 0 Å². The van der Waals surface area contributed by atoms with Gasteiger partial charge in [-0.2, -0.15) is 0 Å². The van der Waals surface area contributed by atoms with Gasteiger partial charge in [-0.25, -0.2) is 4.79 Å². The number of likely N-dealkylation sites (tertiary alicyclic amines) is 1. The molecule has 0 unspecified atom stereocenters. The van der Waals surface area contributed by atoms with Crippen LogP contribution in [-0.4, -0.2) is 62.9 Å². The number of nitrogens with zero attached hydrogens (tertiary/aromatic N) is 2. The highest BCUT2D eigenvalue weighted by atomic mass is 32.2. The second-order valence-corrected chi connectivity index (χ2v) is 6.68. The highest BCUT2D eigenvalue weighted by molar-refractivity contribution is 8.00. The summed E-state index contributed by atoms with van der Waals surface area (Å²) in [7, 11) is 0. The number of hydrogen-bond donors (Lipinski definition) is 2. The van der Waals surface area contributed by atoms with E-state index in [-0.39, 0.29) is 22.9 Å². The molecule has 0 aromatic rings. The third-order valence-corrected chi connectivity index (χ3v) is 5.48. The van der Waals surface area contributed by atoms with E-state index in [2.05, 4.69) is 6.58 Å². The summed E-state index contributed by atoms with van der Waals surface area (Å²) in [6, 6.07) is -0.653. The third-order valence-electron chi connectivity index (χ3n) is 4.15. The molecule has 0 aliphatic carbocycles. The molecule has 0 radical (unpaired) electrons. The van der Waals surface area contributed by atoms with Crippen LogP contribution in [0.15, 0.2) is 35.6 Å². The Morgan fingerprint density at radius 2 is 2.22 bits per heavy atom. The van der Waals surface area contributed by atoms with Crippen molar-refractivity contribution in [2.24, 2.45) is 5.73 Å². The van der Waals surface area contributed by atoms with Gasteiger partial charge in [0.25, 0.3) is 0 Å². The summed E-state index contributed by atoms with van der Waals surface area (Å²) in [5, 5.41) is 9.14. The number of carboxylic acid groups (broad SMARTS) is 1. The molecule has 0 aromatic carbocycles. The van der Waals surface area contributed by atoms with Gasteiger partial charge >= 0.3 is 5.97 Å². The molecule has 8 heteroatoms. The molecule has 0 aromatic heterocycles. The molecule has 3 N–H and O–H groups in total. The Balaban J connectivity index is 1.93. The molecule has 122 valence electrons. The van der Waals surface area contributed by atoms with Crippen molar-refractivity contribution in [3.63, 3.8) is 0 Å². The maximum absolute atomic E-state index is 12.3. The highest BCUT2D eigenvalue weighted by Crippen LogP contribution is 2.40. The fourth-order valence-corrected chi connectivity index (χ4v) is 4.24. The van der Waals surface area contributed by atoms with Crippen LogP contribution in [0.25, 0.3) is 0 Å². The van der Waals surface area contributed by atoms with Crippen LogP contribution in [0.4, 0.5) is 0 Å². The summed E-state index contributed by atoms with van der Waals surface area (Å²) >= 11 is 1.42. The normalized spacial score (nSPS) is 29.0. The van der Waals surface area contributed by atoms with Crippen molar-refractivity contribution < 1.29 is 19.5 Å². The van der Waals surface area contributed by atoms with Crippen molar-refractivity contribution >= 4 is 29.5 Å². The largest absolute Gasteiger partial charge is 0.477 e. The lowest BCUT2D eigenvalue weighted by molar-refractivity contribution is -0.147. The van der Waals surface area contributed by atoms with Crippen molar-refractivity contribution in [2.45, 2.75) is 17.8 Å². The molecule has 7 nitrogen and oxygen atoms in total. The molecule has 23 heavy (non-hydrogen) atoms. The van der Waals surface area contributed by atoms with E-state index >= 15 is 0 Å². The zero-order valence-electron chi connectivity index (χ0n) is 12.4. The number of hydrogen-bond acceptors (Lipinski definition) is 5. The van der Waals surface area contributed by atoms with E-state index in [9.17, 15) is 19.5 Å². The SMILES string of the molecule is C=CCN1CC/C(=C\C2=C(C(=O)O)N3C(=O)[C@@H](N)[C@H]3SC2)C1=O. The first-order valence-corrected chi connectivity index (χ1v) is 8.28. The van der Waals surface area contributed by atoms with Crippen LogP contribution >= 0.6 is 11.8 Å². The number of nitrogens with two attached hydrogens (primary N) is 1. The van der Waals surface area contributed by atoms with Crippen molar-refractivity contribution in [3.05, 3.63) is 35.6 Å². The van der Waals surface area contributed by atoms with Gasteiger partial charge in [-0.15, -0.1) is 18.3 Å². The topological polar surface area (TPSA) is 104 Å². The molecule has 3 aliphatic heterocycles. The van der Waals surface area contributed by atoms with Gasteiger partial charge in [-0.3, -0.25) is 14.5 Å². The Morgan fingerprint density at radius 3 is 2.87 bits per heavy atom. The standard InChI is InChI=1S/C15H17N3O4S/c1-2-4-17-5-3-8(12(17)19)6-9-7-23-14-10(16)13(20)18(14)11(9)15(21)22/h2,6,10,14H,1,3-5,7,16H2,(H,21,22)/b8-6+/t10-,14-/m1/s1. The predicted octanol–water partition coefficient (Wildman–Crippen LogP) is -0.0878. The van der Waals surface area contributed by atoms with E-state index in [4.69, 9.17) is 5.73 Å². The van der Waals surface area contributed by atoms with E-state index in [1.165, 1.54) is 16.7 Å². The third kappa shape index (κ3) is 2.47. The number of β-lactam (4-membered cyclic amide) rings is 1. The average molecular weight is 335 g/mol. The summed E-state index contributed by atoms with van der Waals surface area (Å²) in [5.74, 6) is -1.25. The summed E-state index contributed by atoms with van der Waals surface area (Å²) in [6.45, 7) is 4.68. The van der Waals surface area contributed by atoms with Gasteiger partial charge in [0.2, 0.25) is 11.8 Å². The van der Waals surface area contributed by atoms with Crippen LogP contribution in [0.1, 0.15) is 6.42 Å². The number of aliphatic carboxylic acids is 1. The lowest BCUT2D eigenvalue weighted by Crippen LogP contribution is -2.68. The molecule has 3 heterocycles. The first-order valence-electron chi connectivity index (χ1n) is 7.23. The summed E-state index contributed by atoms with van der Waals surface area (Å²) in [5.41, 5.74) is 6.71. The minimum atomic E-state index is -1.17. The number of rotatable bonds is 4. The summed E-state index contributed by atoms with van der Waals surface area (Å²) < 4.78 is 0. The van der Waals surface area contributed by atoms with Gasteiger partial charge in [0, 0.05) is 24.4 Å². The number of amides is 2. The van der Waals surface area contributed by atoms with Gasteiger partial charge in [0.05, 0.1) is 0 Å². The molecule has 2 saturated heterocycles. The zero-order valence-corrected chi connectivity index (χ0v) is 13.2. The molecule has 2 atom stereocenters. The number of fused-ring (bicyclic) bond motifs is 1. The van der Waals surface area contributed by atoms with Crippen molar-refractivity contribution in [1.82, 2.24) is 9.80 Å². The minimum absolute atomic E-state index is 0.0529. The lowest BCUT2D eigenvalue weighted by Gasteiger charge is -2.47. The first kappa shape index (κ1) is 15.8. The van der Waals surface area contributed by atoms with Crippen molar-refractivity contribution in [3.8, 4) is 0 Å². The smallest absolute Gasteiger partial charge is 0.352 e. The summed E-state index contributed by atoms with van der Waals surface area (Å²) in [6.07, 6.45) is 3.84. The van der Waals surface area contributed by atoms with Gasteiger partial charge < -0.3 is 15.7 Å².